The van der Waals surface area contributed by atoms with Crippen molar-refractivity contribution in [1.82, 2.24) is 5.32 Å². The Morgan fingerprint density at radius 1 is 1.40 bits per heavy atom. The first-order valence-electron chi connectivity index (χ1n) is 6.22. The molecule has 6 heteroatoms. The number of halogens is 1. The Labute approximate surface area is 131 Å². The molecule has 0 saturated heterocycles. The van der Waals surface area contributed by atoms with Crippen molar-refractivity contribution in [2.45, 2.75) is 19.9 Å². The van der Waals surface area contributed by atoms with Gasteiger partial charge in [0.25, 0.3) is 0 Å². The van der Waals surface area contributed by atoms with Crippen molar-refractivity contribution >= 4 is 40.2 Å². The van der Waals surface area contributed by atoms with E-state index in [2.05, 4.69) is 11.4 Å². The summed E-state index contributed by atoms with van der Waals surface area (Å²) in [6.45, 7) is 4.20. The van der Waals surface area contributed by atoms with Crippen LogP contribution in [0.1, 0.15) is 29.6 Å². The van der Waals surface area contributed by atoms with Crippen molar-refractivity contribution in [3.63, 3.8) is 0 Å². The van der Waals surface area contributed by atoms with Crippen LogP contribution < -0.4 is 11.1 Å². The largest absolute Gasteiger partial charge is 0.369 e. The Morgan fingerprint density at radius 2 is 2.15 bits per heavy atom. The average Bonchev–Trinajstić information content (AvgIpc) is 3.01. The van der Waals surface area contributed by atoms with Gasteiger partial charge in [-0.1, -0.05) is 17.7 Å². The second-order valence-electron chi connectivity index (χ2n) is 5.22. The van der Waals surface area contributed by atoms with Crippen molar-refractivity contribution in [3.05, 3.63) is 43.7 Å². The molecule has 1 atom stereocenters. The smallest absolute Gasteiger partial charge is 0.224 e. The van der Waals surface area contributed by atoms with Gasteiger partial charge in [-0.15, -0.1) is 22.7 Å². The Morgan fingerprint density at radius 3 is 2.65 bits per heavy atom. The summed E-state index contributed by atoms with van der Waals surface area (Å²) in [5.41, 5.74) is 4.84. The van der Waals surface area contributed by atoms with Gasteiger partial charge >= 0.3 is 0 Å². The van der Waals surface area contributed by atoms with Gasteiger partial charge in [0.2, 0.25) is 5.91 Å². The highest BCUT2D eigenvalue weighted by Crippen LogP contribution is 2.33. The van der Waals surface area contributed by atoms with Crippen LogP contribution in [0, 0.1) is 5.41 Å². The summed E-state index contributed by atoms with van der Waals surface area (Å²) in [6, 6.07) is 8.05. The summed E-state index contributed by atoms with van der Waals surface area (Å²) >= 11 is 9.25. The topological polar surface area (TPSA) is 55.1 Å². The lowest BCUT2D eigenvalue weighted by Crippen LogP contribution is -2.41. The van der Waals surface area contributed by atoms with Crippen LogP contribution >= 0.6 is 34.3 Å². The molecule has 3 nitrogen and oxygen atoms in total. The van der Waals surface area contributed by atoms with E-state index in [-0.39, 0.29) is 11.9 Å². The average molecular weight is 329 g/mol. The SMILES string of the molecule is CC(C)(CNC(c1cccs1)c1ccc(Cl)s1)C(N)=O. The van der Waals surface area contributed by atoms with E-state index >= 15 is 0 Å². The quantitative estimate of drug-likeness (QED) is 0.850. The fraction of sp³-hybridized carbons (Fsp3) is 0.357. The normalized spacial score (nSPS) is 13.3. The molecule has 0 bridgehead atoms. The minimum Gasteiger partial charge on any atom is -0.369 e. The number of nitrogens with two attached hydrogens (primary N) is 1. The molecule has 2 rings (SSSR count). The summed E-state index contributed by atoms with van der Waals surface area (Å²) in [4.78, 5) is 13.8. The molecule has 2 aromatic heterocycles. The highest BCUT2D eigenvalue weighted by molar-refractivity contribution is 7.16. The molecular weight excluding hydrogens is 312 g/mol. The van der Waals surface area contributed by atoms with Crippen molar-refractivity contribution in [1.29, 1.82) is 0 Å². The molecule has 0 aliphatic carbocycles. The van der Waals surface area contributed by atoms with Crippen LogP contribution in [0.5, 0.6) is 0 Å². The predicted molar refractivity (Wildman–Crippen MR) is 86.5 cm³/mol. The zero-order valence-corrected chi connectivity index (χ0v) is 13.7. The number of nitrogens with one attached hydrogen (secondary N) is 1. The molecule has 20 heavy (non-hydrogen) atoms. The molecular formula is C14H17ClN2OS2. The van der Waals surface area contributed by atoms with Crippen molar-refractivity contribution < 1.29 is 4.79 Å². The monoisotopic (exact) mass is 328 g/mol. The number of hydrogen-bond acceptors (Lipinski definition) is 4. The number of hydrogen-bond donors (Lipinski definition) is 2. The van der Waals surface area contributed by atoms with Crippen LogP contribution in [0.3, 0.4) is 0 Å². The van der Waals surface area contributed by atoms with E-state index in [1.165, 1.54) is 4.88 Å². The zero-order chi connectivity index (χ0) is 14.8. The third-order valence-electron chi connectivity index (χ3n) is 3.12. The Kier molecular flexibility index (Phi) is 4.86. The van der Waals surface area contributed by atoms with Crippen LogP contribution in [0.15, 0.2) is 29.6 Å². The van der Waals surface area contributed by atoms with E-state index < -0.39 is 5.41 Å². The lowest BCUT2D eigenvalue weighted by atomic mass is 9.92. The Bertz CT molecular complexity index is 578. The first kappa shape index (κ1) is 15.5. The first-order valence-corrected chi connectivity index (χ1v) is 8.29. The maximum Gasteiger partial charge on any atom is 0.224 e. The summed E-state index contributed by atoms with van der Waals surface area (Å²) in [7, 11) is 0. The third-order valence-corrected chi connectivity index (χ3v) is 5.35. The van der Waals surface area contributed by atoms with Crippen LogP contribution in [0.25, 0.3) is 0 Å². The molecule has 0 aliphatic rings. The summed E-state index contributed by atoms with van der Waals surface area (Å²) < 4.78 is 0.762. The summed E-state index contributed by atoms with van der Waals surface area (Å²) in [5.74, 6) is -0.306. The van der Waals surface area contributed by atoms with Crippen LogP contribution in [-0.4, -0.2) is 12.5 Å². The molecule has 0 aromatic carbocycles. The van der Waals surface area contributed by atoms with Crippen molar-refractivity contribution in [2.24, 2.45) is 11.1 Å². The minimum absolute atomic E-state index is 0.0473. The number of primary amides is 1. The molecule has 1 amide bonds. The third kappa shape index (κ3) is 3.61. The maximum atomic E-state index is 11.4. The van der Waals surface area contributed by atoms with E-state index in [1.807, 2.05) is 37.4 Å². The maximum absolute atomic E-state index is 11.4. The van der Waals surface area contributed by atoms with Crippen LogP contribution in [0.4, 0.5) is 0 Å². The van der Waals surface area contributed by atoms with Crippen molar-refractivity contribution in [3.8, 4) is 0 Å². The lowest BCUT2D eigenvalue weighted by Gasteiger charge is -2.24. The second kappa shape index (κ2) is 6.26. The number of thiophene rings is 2. The molecule has 2 heterocycles. The first-order chi connectivity index (χ1) is 9.40. The van der Waals surface area contributed by atoms with E-state index in [9.17, 15) is 4.79 Å². The molecule has 0 saturated carbocycles. The molecule has 0 spiro atoms. The van der Waals surface area contributed by atoms with E-state index in [4.69, 9.17) is 17.3 Å². The number of amides is 1. The van der Waals surface area contributed by atoms with Gasteiger partial charge in [0.05, 0.1) is 15.8 Å². The fourth-order valence-corrected chi connectivity index (χ4v) is 3.77. The van der Waals surface area contributed by atoms with E-state index in [0.29, 0.717) is 6.54 Å². The van der Waals surface area contributed by atoms with Gasteiger partial charge in [-0.3, -0.25) is 4.79 Å². The van der Waals surface area contributed by atoms with Gasteiger partial charge in [0.1, 0.15) is 0 Å². The predicted octanol–water partition coefficient (Wildman–Crippen LogP) is 3.65. The van der Waals surface area contributed by atoms with Crippen molar-refractivity contribution in [2.75, 3.05) is 6.54 Å². The van der Waals surface area contributed by atoms with Gasteiger partial charge in [-0.05, 0) is 37.4 Å². The van der Waals surface area contributed by atoms with Gasteiger partial charge in [-0.25, -0.2) is 0 Å². The highest BCUT2D eigenvalue weighted by atomic mass is 35.5. The summed E-state index contributed by atoms with van der Waals surface area (Å²) in [6.07, 6.45) is 0. The number of rotatable bonds is 6. The number of carbonyl (C=O) groups excluding carboxylic acids is 1. The zero-order valence-electron chi connectivity index (χ0n) is 11.4. The lowest BCUT2D eigenvalue weighted by molar-refractivity contribution is -0.125. The van der Waals surface area contributed by atoms with Gasteiger partial charge in [0.15, 0.2) is 0 Å². The second-order valence-corrected chi connectivity index (χ2v) is 7.95. The minimum atomic E-state index is -0.587. The van der Waals surface area contributed by atoms with Gasteiger partial charge in [0, 0.05) is 16.3 Å². The molecule has 0 fully saturated rings. The standard InChI is InChI=1S/C14H17ClN2OS2/c1-14(2,13(16)18)8-17-12(9-4-3-7-19-9)10-5-6-11(15)20-10/h3-7,12,17H,8H2,1-2H3,(H2,16,18). The Balaban J connectivity index is 2.19. The molecule has 0 aliphatic heterocycles. The van der Waals surface area contributed by atoms with E-state index in [1.54, 1.807) is 22.7 Å². The Hall–Kier alpha value is -0.880. The number of carbonyl (C=O) groups is 1. The molecule has 3 N–H and O–H groups in total. The molecule has 108 valence electrons. The van der Waals surface area contributed by atoms with Gasteiger partial charge < -0.3 is 11.1 Å². The molecule has 0 radical (unpaired) electrons. The molecule has 1 unspecified atom stereocenters. The fourth-order valence-electron chi connectivity index (χ4n) is 1.72. The van der Waals surface area contributed by atoms with Crippen LogP contribution in [-0.2, 0) is 4.79 Å². The van der Waals surface area contributed by atoms with Gasteiger partial charge in [-0.2, -0.15) is 0 Å². The van der Waals surface area contributed by atoms with Crippen LogP contribution in [0.2, 0.25) is 4.34 Å². The van der Waals surface area contributed by atoms with E-state index in [0.717, 1.165) is 9.21 Å². The summed E-state index contributed by atoms with van der Waals surface area (Å²) in [5, 5.41) is 5.47. The highest BCUT2D eigenvalue weighted by Gasteiger charge is 2.27. The molecule has 2 aromatic rings.